The zero-order chi connectivity index (χ0) is 34.8. The molecule has 5 rings (SSSR count). The van der Waals surface area contributed by atoms with E-state index in [1.807, 2.05) is 66.7 Å². The van der Waals surface area contributed by atoms with E-state index in [9.17, 15) is 29.1 Å². The van der Waals surface area contributed by atoms with Crippen LogP contribution in [0.1, 0.15) is 46.3 Å². The molecule has 1 fully saturated rings. The second kappa shape index (κ2) is 16.4. The van der Waals surface area contributed by atoms with Gasteiger partial charge in [-0.15, -0.1) is 0 Å². The standard InChI is InChI=1S/C39H39N3O7/c1-27(37(45)42-24-32(23-34(42)38(46)47)30-18-10-4-11-19-30)41(39(48)49-26-29-16-8-3-9-17-29)25-35(43)33(22-28-14-6-2-7-15-28)40-36(44)31-20-12-5-13-21-31/h2-21,27,32-34H,22-26H2,1H3,(H,40,44)(H,46,47)/t27-,32?,33?,34-/m0/s1. The molecule has 10 heteroatoms. The molecule has 4 atom stereocenters. The van der Waals surface area contributed by atoms with Crippen LogP contribution in [0.2, 0.25) is 0 Å². The van der Waals surface area contributed by atoms with Gasteiger partial charge < -0.3 is 20.1 Å². The number of aliphatic carboxylic acids is 1. The highest BCUT2D eigenvalue weighted by atomic mass is 16.6. The molecule has 1 saturated heterocycles. The number of nitrogens with zero attached hydrogens (tertiary/aromatic N) is 2. The summed E-state index contributed by atoms with van der Waals surface area (Å²) in [5, 5.41) is 12.9. The highest BCUT2D eigenvalue weighted by molar-refractivity contribution is 5.99. The number of nitrogens with one attached hydrogen (secondary N) is 1. The molecule has 0 spiro atoms. The number of rotatable bonds is 13. The molecule has 2 N–H and O–H groups in total. The molecule has 10 nitrogen and oxygen atoms in total. The summed E-state index contributed by atoms with van der Waals surface area (Å²) < 4.78 is 5.60. The molecule has 0 saturated carbocycles. The quantitative estimate of drug-likeness (QED) is 0.204. The lowest BCUT2D eigenvalue weighted by Crippen LogP contribution is -2.55. The maximum atomic E-state index is 14.1. The zero-order valence-corrected chi connectivity index (χ0v) is 27.2. The Hall–Kier alpha value is -5.77. The van der Waals surface area contributed by atoms with Crippen LogP contribution in [-0.4, -0.2) is 75.8 Å². The maximum absolute atomic E-state index is 14.1. The van der Waals surface area contributed by atoms with E-state index in [0.29, 0.717) is 11.1 Å². The normalized spacial score (nSPS) is 16.6. The second-order valence-electron chi connectivity index (χ2n) is 12.1. The summed E-state index contributed by atoms with van der Waals surface area (Å²) in [6.45, 7) is 0.916. The van der Waals surface area contributed by atoms with Crippen molar-refractivity contribution >= 4 is 29.7 Å². The average Bonchev–Trinajstić information content (AvgIpc) is 3.60. The molecule has 0 bridgehead atoms. The minimum Gasteiger partial charge on any atom is -0.480 e. The van der Waals surface area contributed by atoms with Gasteiger partial charge in [0.2, 0.25) is 5.91 Å². The van der Waals surface area contributed by atoms with Gasteiger partial charge in [0.15, 0.2) is 5.78 Å². The SMILES string of the molecule is C[C@@H](C(=O)N1CC(c2ccccc2)C[C@H]1C(=O)O)N(CC(=O)C(Cc1ccccc1)NC(=O)c1ccccc1)C(=O)OCc1ccccc1. The maximum Gasteiger partial charge on any atom is 0.411 e. The van der Waals surface area contributed by atoms with E-state index >= 15 is 0 Å². The molecule has 49 heavy (non-hydrogen) atoms. The predicted molar refractivity (Wildman–Crippen MR) is 183 cm³/mol. The molecule has 0 aliphatic carbocycles. The molecule has 252 valence electrons. The first-order valence-corrected chi connectivity index (χ1v) is 16.2. The van der Waals surface area contributed by atoms with Crippen molar-refractivity contribution in [1.29, 1.82) is 0 Å². The predicted octanol–water partition coefficient (Wildman–Crippen LogP) is 5.09. The average molecular weight is 662 g/mol. The Morgan fingerprint density at radius 3 is 1.96 bits per heavy atom. The second-order valence-corrected chi connectivity index (χ2v) is 12.1. The van der Waals surface area contributed by atoms with Crippen LogP contribution in [0.25, 0.3) is 0 Å². The van der Waals surface area contributed by atoms with Crippen LogP contribution in [0.15, 0.2) is 121 Å². The van der Waals surface area contributed by atoms with Gasteiger partial charge in [0, 0.05) is 18.0 Å². The fraction of sp³-hybridized carbons (Fsp3) is 0.256. The number of likely N-dealkylation sites (tertiary alicyclic amines) is 1. The lowest BCUT2D eigenvalue weighted by Gasteiger charge is -2.32. The molecule has 4 aromatic rings. The first-order valence-electron chi connectivity index (χ1n) is 16.2. The van der Waals surface area contributed by atoms with Gasteiger partial charge in [0.05, 0.1) is 12.6 Å². The Morgan fingerprint density at radius 1 is 0.816 bits per heavy atom. The van der Waals surface area contributed by atoms with E-state index in [1.165, 1.54) is 11.8 Å². The third-order valence-corrected chi connectivity index (χ3v) is 8.74. The number of carboxylic acids is 1. The van der Waals surface area contributed by atoms with Crippen LogP contribution >= 0.6 is 0 Å². The fourth-order valence-corrected chi connectivity index (χ4v) is 6.02. The molecule has 1 heterocycles. The number of carbonyl (C=O) groups excluding carboxylic acids is 4. The summed E-state index contributed by atoms with van der Waals surface area (Å²) in [4.78, 5) is 69.7. The van der Waals surface area contributed by atoms with Crippen LogP contribution < -0.4 is 5.32 Å². The number of benzene rings is 4. The molecular formula is C39H39N3O7. The third-order valence-electron chi connectivity index (χ3n) is 8.74. The van der Waals surface area contributed by atoms with Crippen LogP contribution in [-0.2, 0) is 32.1 Å². The largest absolute Gasteiger partial charge is 0.480 e. The van der Waals surface area contributed by atoms with Crippen molar-refractivity contribution in [2.45, 2.75) is 50.4 Å². The summed E-state index contributed by atoms with van der Waals surface area (Å²) >= 11 is 0. The lowest BCUT2D eigenvalue weighted by atomic mass is 9.96. The molecular weight excluding hydrogens is 622 g/mol. The Labute approximate surface area is 285 Å². The molecule has 3 amide bonds. The summed E-state index contributed by atoms with van der Waals surface area (Å²) in [7, 11) is 0. The van der Waals surface area contributed by atoms with E-state index in [4.69, 9.17) is 4.74 Å². The summed E-state index contributed by atoms with van der Waals surface area (Å²) in [5.41, 5.74) is 2.75. The minimum atomic E-state index is -1.26. The van der Waals surface area contributed by atoms with E-state index in [2.05, 4.69) is 5.32 Å². The van der Waals surface area contributed by atoms with Gasteiger partial charge in [-0.25, -0.2) is 9.59 Å². The van der Waals surface area contributed by atoms with Crippen molar-refractivity contribution in [3.8, 4) is 0 Å². The highest BCUT2D eigenvalue weighted by Gasteiger charge is 2.44. The van der Waals surface area contributed by atoms with Gasteiger partial charge in [-0.1, -0.05) is 109 Å². The van der Waals surface area contributed by atoms with Crippen molar-refractivity contribution in [1.82, 2.24) is 15.1 Å². The van der Waals surface area contributed by atoms with Gasteiger partial charge in [-0.2, -0.15) is 0 Å². The number of hydrogen-bond acceptors (Lipinski definition) is 6. The van der Waals surface area contributed by atoms with Crippen molar-refractivity contribution in [2.24, 2.45) is 0 Å². The molecule has 0 radical (unpaired) electrons. The molecule has 0 aromatic heterocycles. The van der Waals surface area contributed by atoms with E-state index < -0.39 is 54.3 Å². The van der Waals surface area contributed by atoms with Crippen molar-refractivity contribution < 1.29 is 33.8 Å². The lowest BCUT2D eigenvalue weighted by molar-refractivity contribution is -0.150. The molecule has 2 unspecified atom stereocenters. The van der Waals surface area contributed by atoms with Crippen LogP contribution in [0.5, 0.6) is 0 Å². The van der Waals surface area contributed by atoms with E-state index in [-0.39, 0.29) is 31.9 Å². The van der Waals surface area contributed by atoms with Crippen molar-refractivity contribution in [2.75, 3.05) is 13.1 Å². The number of carbonyl (C=O) groups is 5. The molecule has 1 aliphatic heterocycles. The third kappa shape index (κ3) is 8.98. The fourth-order valence-electron chi connectivity index (χ4n) is 6.02. The Kier molecular flexibility index (Phi) is 11.5. The number of ketones is 1. The molecule has 1 aliphatic rings. The molecule has 4 aromatic carbocycles. The number of amides is 3. The van der Waals surface area contributed by atoms with Gasteiger partial charge >= 0.3 is 12.1 Å². The van der Waals surface area contributed by atoms with Gasteiger partial charge in [0.1, 0.15) is 18.7 Å². The summed E-state index contributed by atoms with van der Waals surface area (Å²) in [6.07, 6.45) is -0.573. The number of Topliss-reactive ketones (excluding diaryl/α,β-unsaturated/α-hetero) is 1. The van der Waals surface area contributed by atoms with Crippen LogP contribution in [0.3, 0.4) is 0 Å². The Balaban J connectivity index is 1.41. The van der Waals surface area contributed by atoms with Crippen LogP contribution in [0.4, 0.5) is 4.79 Å². The number of ether oxygens (including phenoxy) is 1. The van der Waals surface area contributed by atoms with E-state index in [0.717, 1.165) is 16.0 Å². The first kappa shape index (κ1) is 34.6. The van der Waals surface area contributed by atoms with Gasteiger partial charge in [0.25, 0.3) is 5.91 Å². The zero-order valence-electron chi connectivity index (χ0n) is 27.2. The van der Waals surface area contributed by atoms with E-state index in [1.54, 1.807) is 54.6 Å². The number of carboxylic acid groups (broad SMARTS) is 1. The van der Waals surface area contributed by atoms with Gasteiger partial charge in [-0.3, -0.25) is 19.3 Å². The summed E-state index contributed by atoms with van der Waals surface area (Å²) in [5.74, 6) is -2.99. The van der Waals surface area contributed by atoms with Gasteiger partial charge in [-0.05, 0) is 48.6 Å². The first-order chi connectivity index (χ1) is 23.7. The monoisotopic (exact) mass is 661 g/mol. The van der Waals surface area contributed by atoms with Crippen molar-refractivity contribution in [3.05, 3.63) is 144 Å². The smallest absolute Gasteiger partial charge is 0.411 e. The van der Waals surface area contributed by atoms with Crippen LogP contribution in [0, 0.1) is 0 Å². The number of hydrogen-bond donors (Lipinski definition) is 2. The Bertz CT molecular complexity index is 1740. The topological polar surface area (TPSA) is 133 Å². The van der Waals surface area contributed by atoms with Crippen molar-refractivity contribution in [3.63, 3.8) is 0 Å². The highest BCUT2D eigenvalue weighted by Crippen LogP contribution is 2.33. The summed E-state index contributed by atoms with van der Waals surface area (Å²) in [6, 6.07) is 32.5. The Morgan fingerprint density at radius 2 is 1.37 bits per heavy atom. The minimum absolute atomic E-state index is 0.110.